The predicted octanol–water partition coefficient (Wildman–Crippen LogP) is 5.24. The normalized spacial score (nSPS) is 10.3. The second-order valence-corrected chi connectivity index (χ2v) is 5.98. The van der Waals surface area contributed by atoms with Crippen molar-refractivity contribution in [2.24, 2.45) is 0 Å². The predicted molar refractivity (Wildman–Crippen MR) is 89.2 cm³/mol. The Morgan fingerprint density at radius 3 is 1.57 bits per heavy atom. The molecule has 120 valence electrons. The summed E-state index contributed by atoms with van der Waals surface area (Å²) < 4.78 is 0. The van der Waals surface area contributed by atoms with E-state index in [1.165, 1.54) is 51.4 Å². The van der Waals surface area contributed by atoms with Crippen LogP contribution >= 0.6 is 0 Å². The van der Waals surface area contributed by atoms with Gasteiger partial charge in [0.15, 0.2) is 0 Å². The molecule has 0 aliphatic carbocycles. The third kappa shape index (κ3) is 16.8. The summed E-state index contributed by atoms with van der Waals surface area (Å²) in [5, 5.41) is 0. The average molecular weight is 292 g/mol. The third-order valence-electron chi connectivity index (χ3n) is 3.78. The van der Waals surface area contributed by atoms with Gasteiger partial charge in [-0.1, -0.05) is 51.4 Å². The lowest BCUT2D eigenvalue weighted by molar-refractivity contribution is -0.119. The minimum Gasteiger partial charge on any atom is -0.300 e. The van der Waals surface area contributed by atoms with E-state index in [-0.39, 0.29) is 0 Å². The second-order valence-electron chi connectivity index (χ2n) is 5.98. The maximum absolute atomic E-state index is 11.4. The highest BCUT2D eigenvalue weighted by atomic mass is 16.1. The number of hydrogen-bond acceptors (Lipinski definition) is 2. The van der Waals surface area contributed by atoms with Crippen molar-refractivity contribution in [3.05, 3.63) is 0 Å². The highest BCUT2D eigenvalue weighted by Crippen LogP contribution is 2.12. The molecule has 0 saturated carbocycles. The Hall–Kier alpha value is -1.10. The highest BCUT2D eigenvalue weighted by molar-refractivity contribution is 5.78. The van der Waals surface area contributed by atoms with Crippen LogP contribution in [0.25, 0.3) is 0 Å². The van der Waals surface area contributed by atoms with Crippen molar-refractivity contribution in [3.8, 4) is 12.3 Å². The van der Waals surface area contributed by atoms with Crippen LogP contribution in [-0.4, -0.2) is 11.6 Å². The molecule has 2 nitrogen and oxygen atoms in total. The van der Waals surface area contributed by atoms with E-state index < -0.39 is 0 Å². The van der Waals surface area contributed by atoms with Crippen LogP contribution in [0.2, 0.25) is 0 Å². The molecule has 0 unspecified atom stereocenters. The Bertz CT molecular complexity index is 312. The van der Waals surface area contributed by atoms with Crippen molar-refractivity contribution in [1.29, 1.82) is 0 Å². The van der Waals surface area contributed by atoms with Crippen LogP contribution in [0, 0.1) is 12.3 Å². The lowest BCUT2D eigenvalue weighted by Gasteiger charge is -2.02. The van der Waals surface area contributed by atoms with Crippen LogP contribution in [0.5, 0.6) is 0 Å². The van der Waals surface area contributed by atoms with Crippen molar-refractivity contribution in [3.63, 3.8) is 0 Å². The van der Waals surface area contributed by atoms with Gasteiger partial charge in [-0.2, -0.15) is 0 Å². The van der Waals surface area contributed by atoms with Crippen LogP contribution in [0.1, 0.15) is 96.8 Å². The number of unbranched alkanes of at least 4 members (excludes halogenated alkanes) is 9. The summed E-state index contributed by atoms with van der Waals surface area (Å²) in [6, 6.07) is 0. The standard InChI is InChI=1S/C19H32O2/c1-3-4-16-19(21)17-14-12-10-8-6-5-7-9-11-13-15-18(2)20/h1H,4-17H2,2H3. The number of ketones is 2. The molecule has 0 aromatic carbocycles. The SMILES string of the molecule is C#CCCC(=O)CCCCCCCCCCCCC(C)=O. The van der Waals surface area contributed by atoms with Gasteiger partial charge in [-0.25, -0.2) is 0 Å². The zero-order valence-electron chi connectivity index (χ0n) is 13.8. The van der Waals surface area contributed by atoms with Crippen molar-refractivity contribution < 1.29 is 9.59 Å². The molecule has 0 saturated heterocycles. The van der Waals surface area contributed by atoms with Gasteiger partial charge < -0.3 is 4.79 Å². The lowest BCUT2D eigenvalue weighted by Crippen LogP contribution is -1.96. The fourth-order valence-corrected chi connectivity index (χ4v) is 2.45. The number of carbonyl (C=O) groups is 2. The number of hydrogen-bond donors (Lipinski definition) is 0. The quantitative estimate of drug-likeness (QED) is 0.305. The fraction of sp³-hybridized carbons (Fsp3) is 0.789. The number of Topliss-reactive ketones (excluding diaryl/α,β-unsaturated/α-hetero) is 2. The molecule has 0 aromatic rings. The topological polar surface area (TPSA) is 34.1 Å². The summed E-state index contributed by atoms with van der Waals surface area (Å²) >= 11 is 0. The first-order chi connectivity index (χ1) is 10.2. The molecule has 0 rings (SSSR count). The van der Waals surface area contributed by atoms with Gasteiger partial charge in [-0.05, 0) is 19.8 Å². The zero-order chi connectivity index (χ0) is 15.8. The van der Waals surface area contributed by atoms with Gasteiger partial charge in [0.05, 0.1) is 0 Å². The first-order valence-corrected chi connectivity index (χ1v) is 8.61. The zero-order valence-corrected chi connectivity index (χ0v) is 13.8. The van der Waals surface area contributed by atoms with Crippen molar-refractivity contribution in [2.45, 2.75) is 96.8 Å². The molecular weight excluding hydrogens is 260 g/mol. The Balaban J connectivity index is 3.11. The Morgan fingerprint density at radius 1 is 0.714 bits per heavy atom. The molecular formula is C19H32O2. The molecule has 0 radical (unpaired) electrons. The first-order valence-electron chi connectivity index (χ1n) is 8.61. The van der Waals surface area contributed by atoms with Gasteiger partial charge in [-0.3, -0.25) is 4.79 Å². The van der Waals surface area contributed by atoms with Gasteiger partial charge in [0.25, 0.3) is 0 Å². The molecule has 0 aromatic heterocycles. The van der Waals surface area contributed by atoms with E-state index in [4.69, 9.17) is 6.42 Å². The Labute approximate surface area is 131 Å². The van der Waals surface area contributed by atoms with E-state index in [0.717, 1.165) is 19.3 Å². The van der Waals surface area contributed by atoms with Crippen molar-refractivity contribution in [1.82, 2.24) is 0 Å². The summed E-state index contributed by atoms with van der Waals surface area (Å²) in [5.74, 6) is 3.14. The van der Waals surface area contributed by atoms with E-state index in [1.807, 2.05) is 0 Å². The van der Waals surface area contributed by atoms with Crippen LogP contribution in [-0.2, 0) is 9.59 Å². The maximum atomic E-state index is 11.4. The molecule has 2 heteroatoms. The highest BCUT2D eigenvalue weighted by Gasteiger charge is 2.00. The molecule has 0 aliphatic heterocycles. The van der Waals surface area contributed by atoms with E-state index in [9.17, 15) is 9.59 Å². The molecule has 0 amide bonds. The third-order valence-corrected chi connectivity index (χ3v) is 3.78. The summed E-state index contributed by atoms with van der Waals surface area (Å²) in [5.41, 5.74) is 0. The first kappa shape index (κ1) is 19.9. The van der Waals surface area contributed by atoms with E-state index >= 15 is 0 Å². The van der Waals surface area contributed by atoms with Gasteiger partial charge >= 0.3 is 0 Å². The molecule has 21 heavy (non-hydrogen) atoms. The number of terminal acetylenes is 1. The summed E-state index contributed by atoms with van der Waals surface area (Å²) in [4.78, 5) is 22.2. The minimum atomic E-state index is 0.313. The van der Waals surface area contributed by atoms with Crippen LogP contribution in [0.15, 0.2) is 0 Å². The monoisotopic (exact) mass is 292 g/mol. The molecule has 0 bridgehead atoms. The van der Waals surface area contributed by atoms with Crippen LogP contribution in [0.3, 0.4) is 0 Å². The largest absolute Gasteiger partial charge is 0.300 e. The summed E-state index contributed by atoms with van der Waals surface area (Å²) in [7, 11) is 0. The smallest absolute Gasteiger partial charge is 0.133 e. The van der Waals surface area contributed by atoms with E-state index in [2.05, 4.69) is 5.92 Å². The number of rotatable bonds is 15. The summed E-state index contributed by atoms with van der Waals surface area (Å²) in [6.07, 6.45) is 19.9. The molecule has 0 N–H and O–H groups in total. The molecule has 0 fully saturated rings. The minimum absolute atomic E-state index is 0.313. The number of carbonyl (C=O) groups excluding carboxylic acids is 2. The summed E-state index contributed by atoms with van der Waals surface area (Å²) in [6.45, 7) is 1.67. The molecule has 0 heterocycles. The van der Waals surface area contributed by atoms with E-state index in [0.29, 0.717) is 30.8 Å². The van der Waals surface area contributed by atoms with Gasteiger partial charge in [-0.15, -0.1) is 12.3 Å². The molecule has 0 atom stereocenters. The maximum Gasteiger partial charge on any atom is 0.133 e. The van der Waals surface area contributed by atoms with Gasteiger partial charge in [0.2, 0.25) is 0 Å². The fourth-order valence-electron chi connectivity index (χ4n) is 2.45. The molecule has 0 spiro atoms. The van der Waals surface area contributed by atoms with Gasteiger partial charge in [0, 0.05) is 25.7 Å². The van der Waals surface area contributed by atoms with Gasteiger partial charge in [0.1, 0.15) is 11.6 Å². The Morgan fingerprint density at radius 2 is 1.14 bits per heavy atom. The van der Waals surface area contributed by atoms with Crippen LogP contribution in [0.4, 0.5) is 0 Å². The second kappa shape index (κ2) is 15.3. The van der Waals surface area contributed by atoms with Crippen molar-refractivity contribution >= 4 is 11.6 Å². The van der Waals surface area contributed by atoms with Crippen LogP contribution < -0.4 is 0 Å². The average Bonchev–Trinajstić information content (AvgIpc) is 2.45. The molecule has 0 aliphatic rings. The van der Waals surface area contributed by atoms with Crippen molar-refractivity contribution in [2.75, 3.05) is 0 Å². The van der Waals surface area contributed by atoms with E-state index in [1.54, 1.807) is 6.92 Å². The lowest BCUT2D eigenvalue weighted by atomic mass is 10.0. The Kier molecular flexibility index (Phi) is 14.5.